The summed E-state index contributed by atoms with van der Waals surface area (Å²) in [5.41, 5.74) is 0. The average molecular weight is 202 g/mol. The first-order chi connectivity index (χ1) is 5.13. The van der Waals surface area contributed by atoms with Crippen LogP contribution in [0.2, 0.25) is 0 Å². The first-order valence-corrected chi connectivity index (χ1v) is 4.37. The van der Waals surface area contributed by atoms with E-state index in [2.05, 4.69) is 0 Å². The Hall–Kier alpha value is -0.460. The molecule has 5 N–H and O–H groups in total. The third kappa shape index (κ3) is 55.5. The Bertz CT molecular complexity index is 162. The number of carboxylic acid groups (broad SMARTS) is 1. The van der Waals surface area contributed by atoms with Crippen molar-refractivity contribution in [3.05, 3.63) is 0 Å². The van der Waals surface area contributed by atoms with Gasteiger partial charge >= 0.3 is 13.8 Å². The van der Waals surface area contributed by atoms with Crippen LogP contribution in [0.3, 0.4) is 0 Å². The van der Waals surface area contributed by atoms with Gasteiger partial charge in [-0.2, -0.15) is 0 Å². The van der Waals surface area contributed by atoms with Gasteiger partial charge in [0.1, 0.15) is 0 Å². The van der Waals surface area contributed by atoms with Crippen LogP contribution >= 0.6 is 7.82 Å². The number of rotatable bonds is 2. The Kier molecular flexibility index (Phi) is 7.16. The van der Waals surface area contributed by atoms with Gasteiger partial charge in [-0.25, -0.2) is 4.57 Å². The van der Waals surface area contributed by atoms with Crippen LogP contribution in [0.1, 0.15) is 13.3 Å². The van der Waals surface area contributed by atoms with Gasteiger partial charge in [-0.1, -0.05) is 0 Å². The van der Waals surface area contributed by atoms with Crippen LogP contribution in [0.25, 0.3) is 0 Å². The third-order valence-corrected chi connectivity index (χ3v) is 0.470. The Morgan fingerprint density at radius 2 is 1.67 bits per heavy atom. The topological polar surface area (TPSA) is 135 Å². The first kappa shape index (κ1) is 14.1. The third-order valence-electron chi connectivity index (χ3n) is 0.470. The van der Waals surface area contributed by atoms with Crippen LogP contribution in [0.5, 0.6) is 0 Å². The van der Waals surface area contributed by atoms with Crippen molar-refractivity contribution in [1.29, 1.82) is 0 Å². The van der Waals surface area contributed by atoms with Gasteiger partial charge in [0.15, 0.2) is 0 Å². The molecule has 0 rings (SSSR count). The van der Waals surface area contributed by atoms with Crippen molar-refractivity contribution >= 4 is 13.8 Å². The summed E-state index contributed by atoms with van der Waals surface area (Å²) in [7, 11) is -4.64. The van der Waals surface area contributed by atoms with Crippen LogP contribution in [-0.4, -0.2) is 37.0 Å². The zero-order valence-electron chi connectivity index (χ0n) is 6.28. The van der Waals surface area contributed by atoms with E-state index in [4.69, 9.17) is 29.5 Å². The van der Waals surface area contributed by atoms with Gasteiger partial charge in [0, 0.05) is 0 Å². The molecule has 0 radical (unpaired) electrons. The molecule has 0 aliphatic heterocycles. The van der Waals surface area contributed by atoms with Gasteiger partial charge in [0.05, 0.1) is 12.5 Å². The fraction of sp³-hybridized carbons (Fsp3) is 0.750. The Morgan fingerprint density at radius 1 is 1.42 bits per heavy atom. The van der Waals surface area contributed by atoms with E-state index in [-0.39, 0.29) is 6.42 Å². The lowest BCUT2D eigenvalue weighted by molar-refractivity contribution is -0.138. The lowest BCUT2D eigenvalue weighted by Gasteiger charge is -1.94. The Morgan fingerprint density at radius 3 is 1.67 bits per heavy atom. The molecule has 7 nitrogen and oxygen atoms in total. The van der Waals surface area contributed by atoms with Crippen LogP contribution in [0.4, 0.5) is 0 Å². The standard InChI is InChI=1S/C4H8O3.H3O4P/c1-3(5)2-4(6)7;1-5(2,3)4/h3,5H,2H2,1H3,(H,6,7);(H3,1,2,3,4)/t3-;/m1./s1. The number of hydrogen-bond donors (Lipinski definition) is 5. The molecule has 0 aliphatic carbocycles. The monoisotopic (exact) mass is 202 g/mol. The molecule has 0 heterocycles. The second-order valence-corrected chi connectivity index (χ2v) is 2.99. The highest BCUT2D eigenvalue weighted by molar-refractivity contribution is 7.45. The van der Waals surface area contributed by atoms with Crippen LogP contribution in [0.15, 0.2) is 0 Å². The fourth-order valence-corrected chi connectivity index (χ4v) is 0.253. The molecule has 0 aromatic carbocycles. The molecule has 0 saturated heterocycles. The van der Waals surface area contributed by atoms with Gasteiger partial charge in [0.25, 0.3) is 0 Å². The lowest BCUT2D eigenvalue weighted by atomic mass is 10.3. The highest BCUT2D eigenvalue weighted by Gasteiger charge is 2.00. The molecule has 0 spiro atoms. The van der Waals surface area contributed by atoms with E-state index in [9.17, 15) is 4.79 Å². The largest absolute Gasteiger partial charge is 0.481 e. The van der Waals surface area contributed by atoms with E-state index in [1.165, 1.54) is 6.92 Å². The summed E-state index contributed by atoms with van der Waals surface area (Å²) in [6.07, 6.45) is -0.891. The average Bonchev–Trinajstić information content (AvgIpc) is 1.52. The van der Waals surface area contributed by atoms with E-state index in [1.54, 1.807) is 0 Å². The van der Waals surface area contributed by atoms with E-state index in [0.717, 1.165) is 0 Å². The molecule has 0 saturated carbocycles. The van der Waals surface area contributed by atoms with Gasteiger partial charge in [-0.05, 0) is 6.92 Å². The molecule has 12 heavy (non-hydrogen) atoms. The predicted octanol–water partition coefficient (Wildman–Crippen LogP) is -1.09. The SMILES string of the molecule is C[C@@H](O)CC(=O)O.O=P(O)(O)O. The van der Waals surface area contributed by atoms with E-state index in [0.29, 0.717) is 0 Å². The van der Waals surface area contributed by atoms with E-state index in [1.807, 2.05) is 0 Å². The maximum absolute atomic E-state index is 9.65. The molecule has 74 valence electrons. The van der Waals surface area contributed by atoms with Crippen LogP contribution in [0, 0.1) is 0 Å². The van der Waals surface area contributed by atoms with Gasteiger partial charge in [-0.15, -0.1) is 0 Å². The zero-order chi connectivity index (χ0) is 10.4. The summed E-state index contributed by atoms with van der Waals surface area (Å²) in [5.74, 6) is -0.963. The van der Waals surface area contributed by atoms with Crippen molar-refractivity contribution < 1.29 is 34.3 Å². The smallest absolute Gasteiger partial charge is 0.466 e. The van der Waals surface area contributed by atoms with Crippen molar-refractivity contribution in [2.75, 3.05) is 0 Å². The Labute approximate surface area is 68.5 Å². The number of carbonyl (C=O) groups is 1. The number of carboxylic acids is 1. The summed E-state index contributed by atoms with van der Waals surface area (Å²) in [4.78, 5) is 31.2. The number of aliphatic carboxylic acids is 1. The Balaban J connectivity index is 0. The molecule has 0 aliphatic rings. The van der Waals surface area contributed by atoms with Crippen LogP contribution in [-0.2, 0) is 9.36 Å². The predicted molar refractivity (Wildman–Crippen MR) is 38.2 cm³/mol. The molecule has 0 amide bonds. The maximum atomic E-state index is 9.65. The molecule has 0 aromatic heterocycles. The number of aliphatic hydroxyl groups is 1. The summed E-state index contributed by atoms with van der Waals surface area (Å²) in [6, 6.07) is 0. The minimum absolute atomic E-state index is 0.167. The summed E-state index contributed by atoms with van der Waals surface area (Å²) in [6.45, 7) is 1.44. The van der Waals surface area contributed by atoms with E-state index < -0.39 is 19.9 Å². The zero-order valence-corrected chi connectivity index (χ0v) is 7.18. The minimum atomic E-state index is -4.64. The molecule has 0 unspecified atom stereocenters. The van der Waals surface area contributed by atoms with Gasteiger partial charge in [0.2, 0.25) is 0 Å². The number of phosphoric acid groups is 1. The van der Waals surface area contributed by atoms with Gasteiger partial charge < -0.3 is 24.9 Å². The van der Waals surface area contributed by atoms with E-state index >= 15 is 0 Å². The van der Waals surface area contributed by atoms with Crippen molar-refractivity contribution in [1.82, 2.24) is 0 Å². The number of hydrogen-bond acceptors (Lipinski definition) is 3. The van der Waals surface area contributed by atoms with Crippen molar-refractivity contribution in [3.8, 4) is 0 Å². The highest BCUT2D eigenvalue weighted by Crippen LogP contribution is 2.25. The summed E-state index contributed by atoms with van der Waals surface area (Å²) >= 11 is 0. The molecule has 0 bridgehead atoms. The normalized spacial score (nSPS) is 12.8. The first-order valence-electron chi connectivity index (χ1n) is 2.81. The number of aliphatic hydroxyl groups excluding tert-OH is 1. The molecular weight excluding hydrogens is 191 g/mol. The second kappa shape index (κ2) is 6.10. The maximum Gasteiger partial charge on any atom is 0.466 e. The fourth-order valence-electron chi connectivity index (χ4n) is 0.253. The molecule has 0 fully saturated rings. The minimum Gasteiger partial charge on any atom is -0.481 e. The molecule has 0 aromatic rings. The summed E-state index contributed by atoms with van der Waals surface area (Å²) in [5, 5.41) is 16.3. The van der Waals surface area contributed by atoms with Crippen LogP contribution < -0.4 is 0 Å². The highest BCUT2D eigenvalue weighted by atomic mass is 31.2. The van der Waals surface area contributed by atoms with Crippen molar-refractivity contribution in [3.63, 3.8) is 0 Å². The lowest BCUT2D eigenvalue weighted by Crippen LogP contribution is -2.07. The molecule has 8 heteroatoms. The van der Waals surface area contributed by atoms with Crippen molar-refractivity contribution in [2.45, 2.75) is 19.4 Å². The van der Waals surface area contributed by atoms with Crippen molar-refractivity contribution in [2.24, 2.45) is 0 Å². The van der Waals surface area contributed by atoms with Gasteiger partial charge in [-0.3, -0.25) is 4.79 Å². The molecule has 1 atom stereocenters. The quantitative estimate of drug-likeness (QED) is 0.359. The second-order valence-electron chi connectivity index (χ2n) is 1.96. The molecular formula is C4H11O7P. The summed E-state index contributed by atoms with van der Waals surface area (Å²) < 4.78 is 8.88.